The van der Waals surface area contributed by atoms with Crippen molar-refractivity contribution < 1.29 is 36.7 Å². The van der Waals surface area contributed by atoms with Crippen molar-refractivity contribution >= 4 is 23.2 Å². The van der Waals surface area contributed by atoms with Crippen molar-refractivity contribution in [1.82, 2.24) is 25.2 Å². The van der Waals surface area contributed by atoms with Gasteiger partial charge < -0.3 is 15.4 Å². The number of Topliss-reactive ketones (excluding diaryl/α,β-unsaturated/α-hetero) is 1. The van der Waals surface area contributed by atoms with E-state index in [0.717, 1.165) is 45.6 Å². The molecule has 1 aliphatic rings. The van der Waals surface area contributed by atoms with Gasteiger partial charge in [0.1, 0.15) is 17.1 Å². The number of ketones is 1. The summed E-state index contributed by atoms with van der Waals surface area (Å²) in [4.78, 5) is 42.2. The lowest BCUT2D eigenvalue weighted by atomic mass is 9.96. The van der Waals surface area contributed by atoms with Crippen LogP contribution in [0.2, 0.25) is 0 Å². The lowest BCUT2D eigenvalue weighted by Crippen LogP contribution is -2.30. The van der Waals surface area contributed by atoms with E-state index in [9.17, 15) is 31.9 Å². The smallest absolute Gasteiger partial charge is 0.406 e. The Morgan fingerprint density at radius 3 is 2.63 bits per heavy atom. The molecule has 2 amide bonds. The summed E-state index contributed by atoms with van der Waals surface area (Å²) in [6.07, 6.45) is -2.78. The van der Waals surface area contributed by atoms with E-state index in [1.807, 2.05) is 6.92 Å². The second-order valence-corrected chi connectivity index (χ2v) is 9.56. The Bertz CT molecular complexity index is 1700. The molecule has 1 aliphatic carbocycles. The second-order valence-electron chi connectivity index (χ2n) is 9.56. The summed E-state index contributed by atoms with van der Waals surface area (Å²) in [5, 5.41) is 9.29. The van der Waals surface area contributed by atoms with Crippen molar-refractivity contribution in [3.8, 4) is 5.75 Å². The zero-order valence-electron chi connectivity index (χ0n) is 21.8. The fraction of sp³-hybridized carbons (Fsp3) is 0.250. The van der Waals surface area contributed by atoms with Crippen molar-refractivity contribution in [3.63, 3.8) is 0 Å². The molecular formula is C28H23F4N5O4. The number of benzene rings is 2. The highest BCUT2D eigenvalue weighted by molar-refractivity contribution is 5.99. The molecule has 2 aromatic heterocycles. The first-order valence-electron chi connectivity index (χ1n) is 12.5. The Kier molecular flexibility index (Phi) is 7.20. The molecule has 0 unspecified atom stereocenters. The Morgan fingerprint density at radius 1 is 1.12 bits per heavy atom. The third kappa shape index (κ3) is 5.74. The number of hydrogen-bond acceptors (Lipinski definition) is 6. The molecule has 0 bridgehead atoms. The van der Waals surface area contributed by atoms with Gasteiger partial charge in [-0.3, -0.25) is 14.4 Å². The number of carbonyl (C=O) groups excluding carboxylic acids is 3. The van der Waals surface area contributed by atoms with Gasteiger partial charge in [-0.05, 0) is 61.1 Å². The SMILES string of the molecule is CC(=O)c1ccc2c(c1C)CC[C@@H]2NC(=O)c1cc(C(=O)NCc2cccc(OC(F)(F)F)c2)nc2c(F)cnn12. The molecule has 2 aromatic carbocycles. The number of hydrogen-bond donors (Lipinski definition) is 2. The van der Waals surface area contributed by atoms with E-state index >= 15 is 0 Å². The lowest BCUT2D eigenvalue weighted by Gasteiger charge is -2.16. The summed E-state index contributed by atoms with van der Waals surface area (Å²) in [6.45, 7) is 3.17. The van der Waals surface area contributed by atoms with Crippen molar-refractivity contribution in [2.24, 2.45) is 0 Å². The number of nitrogens with one attached hydrogen (secondary N) is 2. The van der Waals surface area contributed by atoms with Gasteiger partial charge in [0.15, 0.2) is 17.2 Å². The van der Waals surface area contributed by atoms with Gasteiger partial charge in [0.05, 0.1) is 12.2 Å². The normalized spacial score (nSPS) is 14.5. The van der Waals surface area contributed by atoms with E-state index in [2.05, 4.69) is 25.5 Å². The van der Waals surface area contributed by atoms with Crippen LogP contribution in [0, 0.1) is 12.7 Å². The summed E-state index contributed by atoms with van der Waals surface area (Å²) in [7, 11) is 0. The Hall–Kier alpha value is -4.81. The minimum Gasteiger partial charge on any atom is -0.406 e. The lowest BCUT2D eigenvalue weighted by molar-refractivity contribution is -0.274. The monoisotopic (exact) mass is 569 g/mol. The van der Waals surface area contributed by atoms with Crippen LogP contribution in [0.25, 0.3) is 5.65 Å². The highest BCUT2D eigenvalue weighted by Crippen LogP contribution is 2.35. The summed E-state index contributed by atoms with van der Waals surface area (Å²) >= 11 is 0. The molecule has 2 N–H and O–H groups in total. The first-order chi connectivity index (χ1) is 19.4. The first-order valence-corrected chi connectivity index (χ1v) is 12.5. The maximum Gasteiger partial charge on any atom is 0.573 e. The zero-order valence-corrected chi connectivity index (χ0v) is 21.8. The minimum absolute atomic E-state index is 0.0502. The first kappa shape index (κ1) is 27.7. The minimum atomic E-state index is -4.87. The van der Waals surface area contributed by atoms with Crippen molar-refractivity contribution in [1.29, 1.82) is 0 Å². The van der Waals surface area contributed by atoms with E-state index in [-0.39, 0.29) is 35.4 Å². The van der Waals surface area contributed by atoms with E-state index in [1.54, 1.807) is 12.1 Å². The molecule has 0 radical (unpaired) electrons. The Balaban J connectivity index is 1.37. The Labute approximate surface area is 230 Å². The maximum absolute atomic E-state index is 14.5. The summed E-state index contributed by atoms with van der Waals surface area (Å²) in [5.74, 6) is -2.78. The fourth-order valence-corrected chi connectivity index (χ4v) is 4.98. The van der Waals surface area contributed by atoms with Crippen LogP contribution >= 0.6 is 0 Å². The molecule has 5 rings (SSSR count). The fourth-order valence-electron chi connectivity index (χ4n) is 4.98. The summed E-state index contributed by atoms with van der Waals surface area (Å²) in [6, 6.07) is 9.35. The number of halogens is 4. The molecule has 212 valence electrons. The van der Waals surface area contributed by atoms with Crippen molar-refractivity contribution in [3.05, 3.63) is 93.7 Å². The number of ether oxygens (including phenoxy) is 1. The van der Waals surface area contributed by atoms with Gasteiger partial charge in [-0.2, -0.15) is 5.10 Å². The molecule has 41 heavy (non-hydrogen) atoms. The average molecular weight is 570 g/mol. The van der Waals surface area contributed by atoms with Crippen LogP contribution < -0.4 is 15.4 Å². The number of amides is 2. The quantitative estimate of drug-likeness (QED) is 0.248. The maximum atomic E-state index is 14.5. The molecule has 9 nitrogen and oxygen atoms in total. The van der Waals surface area contributed by atoms with Crippen LogP contribution in [-0.4, -0.2) is 38.6 Å². The third-order valence-corrected chi connectivity index (χ3v) is 6.86. The standard InChI is InChI=1S/C28H23F4N5O4/c1-14-18(15(2)38)6-7-20-19(14)8-9-22(20)36-27(40)24-11-23(35-25-21(29)13-34-37(24)25)26(39)33-12-16-4-3-5-17(10-16)41-28(30,31)32/h3-7,10-11,13,22H,8-9,12H2,1-2H3,(H,33,39)(H,36,40)/t22-/m0/s1. The highest BCUT2D eigenvalue weighted by Gasteiger charge is 2.31. The van der Waals surface area contributed by atoms with Gasteiger partial charge in [-0.15, -0.1) is 13.2 Å². The van der Waals surface area contributed by atoms with Gasteiger partial charge in [0, 0.05) is 18.2 Å². The Morgan fingerprint density at radius 2 is 1.90 bits per heavy atom. The molecule has 0 saturated carbocycles. The topological polar surface area (TPSA) is 115 Å². The molecule has 0 saturated heterocycles. The average Bonchev–Trinajstić information content (AvgIpc) is 3.49. The van der Waals surface area contributed by atoms with Crippen LogP contribution in [0.4, 0.5) is 17.6 Å². The molecule has 0 fully saturated rings. The number of aromatic nitrogens is 3. The van der Waals surface area contributed by atoms with E-state index < -0.39 is 29.7 Å². The number of carbonyl (C=O) groups is 3. The third-order valence-electron chi connectivity index (χ3n) is 6.86. The largest absolute Gasteiger partial charge is 0.573 e. The van der Waals surface area contributed by atoms with Gasteiger partial charge in [0.2, 0.25) is 0 Å². The van der Waals surface area contributed by atoms with Crippen LogP contribution in [-0.2, 0) is 13.0 Å². The zero-order chi connectivity index (χ0) is 29.5. The number of fused-ring (bicyclic) bond motifs is 2. The molecule has 0 aliphatic heterocycles. The molecule has 4 aromatic rings. The van der Waals surface area contributed by atoms with Gasteiger partial charge in [0.25, 0.3) is 11.8 Å². The second kappa shape index (κ2) is 10.6. The number of nitrogens with zero attached hydrogens (tertiary/aromatic N) is 3. The van der Waals surface area contributed by atoms with Gasteiger partial charge in [-0.1, -0.05) is 24.3 Å². The van der Waals surface area contributed by atoms with E-state index in [0.29, 0.717) is 24.0 Å². The van der Waals surface area contributed by atoms with Crippen molar-refractivity contribution in [2.45, 2.75) is 45.6 Å². The highest BCUT2D eigenvalue weighted by atomic mass is 19.4. The molecule has 1 atom stereocenters. The molecule has 13 heteroatoms. The predicted molar refractivity (Wildman–Crippen MR) is 137 cm³/mol. The van der Waals surface area contributed by atoms with Gasteiger partial charge >= 0.3 is 6.36 Å². The van der Waals surface area contributed by atoms with Crippen LogP contribution in [0.3, 0.4) is 0 Å². The van der Waals surface area contributed by atoms with E-state index in [4.69, 9.17) is 0 Å². The number of rotatable bonds is 7. The molecular weight excluding hydrogens is 546 g/mol. The van der Waals surface area contributed by atoms with Crippen molar-refractivity contribution in [2.75, 3.05) is 0 Å². The van der Waals surface area contributed by atoms with Gasteiger partial charge in [-0.25, -0.2) is 13.9 Å². The summed E-state index contributed by atoms with van der Waals surface area (Å²) < 4.78 is 56.9. The molecule has 2 heterocycles. The van der Waals surface area contributed by atoms with Crippen LogP contribution in [0.15, 0.2) is 48.7 Å². The number of alkyl halides is 3. The summed E-state index contributed by atoms with van der Waals surface area (Å²) in [5.41, 5.74) is 2.85. The predicted octanol–water partition coefficient (Wildman–Crippen LogP) is 4.63. The molecule has 0 spiro atoms. The van der Waals surface area contributed by atoms with E-state index in [1.165, 1.54) is 19.1 Å². The van der Waals surface area contributed by atoms with Crippen LogP contribution in [0.5, 0.6) is 5.75 Å². The van der Waals surface area contributed by atoms with Crippen LogP contribution in [0.1, 0.15) is 73.0 Å².